The van der Waals surface area contributed by atoms with E-state index in [4.69, 9.17) is 11.5 Å². The van der Waals surface area contributed by atoms with Crippen LogP contribution >= 0.6 is 11.8 Å². The highest BCUT2D eigenvalue weighted by molar-refractivity contribution is 7.99. The monoisotopic (exact) mass is 262 g/mol. The van der Waals surface area contributed by atoms with Crippen molar-refractivity contribution >= 4 is 23.4 Å². The number of hydrogen-bond donors (Lipinski definition) is 2. The number of hydrogen-bond acceptors (Lipinski definition) is 3. The van der Waals surface area contributed by atoms with E-state index in [0.717, 1.165) is 11.8 Å². The van der Waals surface area contributed by atoms with E-state index in [0.29, 0.717) is 21.0 Å². The van der Waals surface area contributed by atoms with E-state index in [2.05, 4.69) is 0 Å². The van der Waals surface area contributed by atoms with Gasteiger partial charge in [-0.2, -0.15) is 0 Å². The molecule has 0 aromatic heterocycles. The van der Waals surface area contributed by atoms with Crippen LogP contribution in [0.1, 0.15) is 10.4 Å². The van der Waals surface area contributed by atoms with E-state index in [1.165, 1.54) is 6.07 Å². The summed E-state index contributed by atoms with van der Waals surface area (Å²) in [6, 6.07) is 11.2. The highest BCUT2D eigenvalue weighted by atomic mass is 32.2. The van der Waals surface area contributed by atoms with Crippen molar-refractivity contribution in [3.8, 4) is 0 Å². The van der Waals surface area contributed by atoms with Gasteiger partial charge in [0.25, 0.3) is 0 Å². The predicted molar refractivity (Wildman–Crippen MR) is 69.9 cm³/mol. The van der Waals surface area contributed by atoms with Gasteiger partial charge in [0.15, 0.2) is 0 Å². The number of anilines is 1. The molecule has 0 unspecified atom stereocenters. The molecule has 0 radical (unpaired) electrons. The topological polar surface area (TPSA) is 69.1 Å². The molecule has 0 fully saturated rings. The van der Waals surface area contributed by atoms with E-state index >= 15 is 0 Å². The summed E-state index contributed by atoms with van der Waals surface area (Å²) in [5, 5.41) is 0. The standard InChI is InChI=1S/C13H11FN2OS/c14-9-5-1-2-7-11(9)18-12-8(13(16)17)4-3-6-10(12)15/h1-7H,15H2,(H2,16,17). The molecular weight excluding hydrogens is 251 g/mol. The van der Waals surface area contributed by atoms with Crippen molar-refractivity contribution in [2.24, 2.45) is 5.73 Å². The lowest BCUT2D eigenvalue weighted by Crippen LogP contribution is -2.13. The van der Waals surface area contributed by atoms with Gasteiger partial charge in [-0.25, -0.2) is 4.39 Å². The van der Waals surface area contributed by atoms with Crippen molar-refractivity contribution in [3.05, 3.63) is 53.8 Å². The number of amides is 1. The summed E-state index contributed by atoms with van der Waals surface area (Å²) in [5.74, 6) is -0.942. The smallest absolute Gasteiger partial charge is 0.249 e. The van der Waals surface area contributed by atoms with Crippen LogP contribution in [0, 0.1) is 5.82 Å². The zero-order valence-electron chi connectivity index (χ0n) is 9.39. The molecule has 0 saturated heterocycles. The molecule has 18 heavy (non-hydrogen) atoms. The Morgan fingerprint density at radius 1 is 1.11 bits per heavy atom. The molecular formula is C13H11FN2OS. The zero-order chi connectivity index (χ0) is 13.1. The fourth-order valence-corrected chi connectivity index (χ4v) is 2.50. The number of nitrogens with two attached hydrogens (primary N) is 2. The summed E-state index contributed by atoms with van der Waals surface area (Å²) in [6.07, 6.45) is 0. The number of benzene rings is 2. The van der Waals surface area contributed by atoms with E-state index < -0.39 is 5.91 Å². The lowest BCUT2D eigenvalue weighted by atomic mass is 10.2. The van der Waals surface area contributed by atoms with Gasteiger partial charge in [0, 0.05) is 15.5 Å². The molecule has 4 N–H and O–H groups in total. The predicted octanol–water partition coefficient (Wildman–Crippen LogP) is 2.66. The quantitative estimate of drug-likeness (QED) is 0.835. The highest BCUT2D eigenvalue weighted by Crippen LogP contribution is 2.35. The maximum absolute atomic E-state index is 13.6. The second-order valence-corrected chi connectivity index (χ2v) is 4.67. The summed E-state index contributed by atoms with van der Waals surface area (Å²) >= 11 is 1.09. The van der Waals surface area contributed by atoms with Crippen molar-refractivity contribution in [2.45, 2.75) is 9.79 Å². The molecule has 0 atom stereocenters. The molecule has 0 aliphatic rings. The summed E-state index contributed by atoms with van der Waals surface area (Å²) in [6.45, 7) is 0. The highest BCUT2D eigenvalue weighted by Gasteiger charge is 2.13. The van der Waals surface area contributed by atoms with Crippen LogP contribution in [0.5, 0.6) is 0 Å². The van der Waals surface area contributed by atoms with Gasteiger partial charge in [0.05, 0.1) is 5.56 Å². The van der Waals surface area contributed by atoms with Crippen LogP contribution in [-0.4, -0.2) is 5.91 Å². The van der Waals surface area contributed by atoms with E-state index in [-0.39, 0.29) is 5.82 Å². The normalized spacial score (nSPS) is 10.3. The fraction of sp³-hybridized carbons (Fsp3) is 0. The molecule has 2 rings (SSSR count). The van der Waals surface area contributed by atoms with Crippen LogP contribution in [0.25, 0.3) is 0 Å². The lowest BCUT2D eigenvalue weighted by Gasteiger charge is -2.09. The largest absolute Gasteiger partial charge is 0.398 e. The van der Waals surface area contributed by atoms with Gasteiger partial charge < -0.3 is 11.5 Å². The Morgan fingerprint density at radius 3 is 2.50 bits per heavy atom. The molecule has 0 heterocycles. The van der Waals surface area contributed by atoms with E-state index in [1.807, 2.05) is 0 Å². The Morgan fingerprint density at radius 2 is 1.83 bits per heavy atom. The summed E-state index contributed by atoms with van der Waals surface area (Å²) in [7, 11) is 0. The van der Waals surface area contributed by atoms with Crippen LogP contribution < -0.4 is 11.5 Å². The third-order valence-electron chi connectivity index (χ3n) is 2.36. The molecule has 0 saturated carbocycles. The zero-order valence-corrected chi connectivity index (χ0v) is 10.2. The maximum Gasteiger partial charge on any atom is 0.249 e. The van der Waals surface area contributed by atoms with Crippen LogP contribution in [-0.2, 0) is 0 Å². The van der Waals surface area contributed by atoms with Gasteiger partial charge in [-0.1, -0.05) is 30.0 Å². The number of halogens is 1. The average Bonchev–Trinajstić information content (AvgIpc) is 2.34. The SMILES string of the molecule is NC(=O)c1cccc(N)c1Sc1ccccc1F. The molecule has 0 aliphatic heterocycles. The Hall–Kier alpha value is -2.01. The van der Waals surface area contributed by atoms with Crippen LogP contribution in [0.3, 0.4) is 0 Å². The second-order valence-electron chi connectivity index (χ2n) is 3.62. The van der Waals surface area contributed by atoms with Gasteiger partial charge in [0.1, 0.15) is 5.82 Å². The molecule has 92 valence electrons. The molecule has 0 spiro atoms. The van der Waals surface area contributed by atoms with Gasteiger partial charge in [-0.3, -0.25) is 4.79 Å². The first-order chi connectivity index (χ1) is 8.59. The van der Waals surface area contributed by atoms with Crippen molar-refractivity contribution in [3.63, 3.8) is 0 Å². The molecule has 2 aromatic carbocycles. The minimum absolute atomic E-state index is 0.295. The molecule has 0 bridgehead atoms. The minimum Gasteiger partial charge on any atom is -0.398 e. The number of carbonyl (C=O) groups is 1. The Kier molecular flexibility index (Phi) is 3.53. The van der Waals surface area contributed by atoms with Gasteiger partial charge in [-0.05, 0) is 24.3 Å². The van der Waals surface area contributed by atoms with Crippen molar-refractivity contribution in [1.82, 2.24) is 0 Å². The van der Waals surface area contributed by atoms with Crippen molar-refractivity contribution < 1.29 is 9.18 Å². The Bertz CT molecular complexity index is 601. The maximum atomic E-state index is 13.6. The van der Waals surface area contributed by atoms with Gasteiger partial charge in [0.2, 0.25) is 5.91 Å². The van der Waals surface area contributed by atoms with Crippen LogP contribution in [0.15, 0.2) is 52.3 Å². The average molecular weight is 262 g/mol. The van der Waals surface area contributed by atoms with E-state index in [9.17, 15) is 9.18 Å². The fourth-order valence-electron chi connectivity index (χ4n) is 1.50. The van der Waals surface area contributed by atoms with Gasteiger partial charge >= 0.3 is 0 Å². The summed E-state index contributed by atoms with van der Waals surface area (Å²) < 4.78 is 13.6. The lowest BCUT2D eigenvalue weighted by molar-refractivity contribution is 0.0997. The number of rotatable bonds is 3. The summed E-state index contributed by atoms with van der Waals surface area (Å²) in [4.78, 5) is 12.2. The molecule has 5 heteroatoms. The third kappa shape index (κ3) is 2.46. The first-order valence-electron chi connectivity index (χ1n) is 5.20. The Balaban J connectivity index is 2.46. The van der Waals surface area contributed by atoms with E-state index in [1.54, 1.807) is 36.4 Å². The molecule has 3 nitrogen and oxygen atoms in total. The minimum atomic E-state index is -0.582. The first-order valence-corrected chi connectivity index (χ1v) is 6.02. The molecule has 1 amide bonds. The summed E-state index contributed by atoms with van der Waals surface area (Å²) in [5.41, 5.74) is 11.8. The second kappa shape index (κ2) is 5.10. The van der Waals surface area contributed by atoms with Crippen molar-refractivity contribution in [1.29, 1.82) is 0 Å². The molecule has 0 aliphatic carbocycles. The number of primary amides is 1. The van der Waals surface area contributed by atoms with Crippen LogP contribution in [0.2, 0.25) is 0 Å². The number of carbonyl (C=O) groups excluding carboxylic acids is 1. The first kappa shape index (κ1) is 12.4. The van der Waals surface area contributed by atoms with Gasteiger partial charge in [-0.15, -0.1) is 0 Å². The Labute approximate surface area is 108 Å². The molecule has 2 aromatic rings. The van der Waals surface area contributed by atoms with Crippen molar-refractivity contribution in [2.75, 3.05) is 5.73 Å². The van der Waals surface area contributed by atoms with Crippen LogP contribution in [0.4, 0.5) is 10.1 Å². The number of nitrogen functional groups attached to an aromatic ring is 1. The third-order valence-corrected chi connectivity index (χ3v) is 3.57.